The molecule has 1 aliphatic heterocycles. The van der Waals surface area contributed by atoms with Crippen LogP contribution in [0.4, 0.5) is 0 Å². The molecule has 0 saturated carbocycles. The van der Waals surface area contributed by atoms with Crippen molar-refractivity contribution in [3.8, 4) is 0 Å². The number of para-hydroxylation sites is 1. The van der Waals surface area contributed by atoms with E-state index in [0.29, 0.717) is 22.4 Å². The first-order valence-corrected chi connectivity index (χ1v) is 10.9. The Morgan fingerprint density at radius 3 is 2.72 bits per heavy atom. The van der Waals surface area contributed by atoms with E-state index in [4.69, 9.17) is 23.2 Å². The zero-order valence-electron chi connectivity index (χ0n) is 16.3. The van der Waals surface area contributed by atoms with Crippen LogP contribution in [0.2, 0.25) is 10.0 Å². The summed E-state index contributed by atoms with van der Waals surface area (Å²) in [4.78, 5) is 13.7. The molecule has 29 heavy (non-hydrogen) atoms. The lowest BCUT2D eigenvalue weighted by Crippen LogP contribution is -2.28. The van der Waals surface area contributed by atoms with E-state index in [1.807, 2.05) is 23.1 Å². The topological polar surface area (TPSA) is 37.3 Å². The molecule has 152 valence electrons. The Labute approximate surface area is 181 Å². The number of carbonyl (C=O) groups is 1. The first kappa shape index (κ1) is 20.3. The molecule has 1 aliphatic rings. The number of benzene rings is 2. The Kier molecular flexibility index (Phi) is 6.43. The molecule has 0 radical (unpaired) electrons. The summed E-state index contributed by atoms with van der Waals surface area (Å²) in [5, 5.41) is 5.96. The molecule has 1 fully saturated rings. The van der Waals surface area contributed by atoms with E-state index in [2.05, 4.69) is 40.3 Å². The molecule has 1 aromatic heterocycles. The zero-order chi connectivity index (χ0) is 20.2. The smallest absolute Gasteiger partial charge is 0.222 e. The van der Waals surface area contributed by atoms with Crippen molar-refractivity contribution in [2.24, 2.45) is 0 Å². The fraction of sp³-hybridized carbons (Fsp3) is 0.348. The van der Waals surface area contributed by atoms with Crippen LogP contribution in [0, 0.1) is 0 Å². The third-order valence-electron chi connectivity index (χ3n) is 5.48. The van der Waals surface area contributed by atoms with Gasteiger partial charge in [-0.25, -0.2) is 0 Å². The Morgan fingerprint density at radius 2 is 1.93 bits per heavy atom. The Hall–Kier alpha value is -2.01. The predicted molar refractivity (Wildman–Crippen MR) is 120 cm³/mol. The van der Waals surface area contributed by atoms with Gasteiger partial charge in [-0.3, -0.25) is 4.79 Å². The summed E-state index contributed by atoms with van der Waals surface area (Å²) >= 11 is 12.2. The van der Waals surface area contributed by atoms with Crippen LogP contribution in [0.3, 0.4) is 0 Å². The molecule has 0 unspecified atom stereocenters. The molecular weight excluding hydrogens is 405 g/mol. The first-order valence-electron chi connectivity index (χ1n) is 10.1. The van der Waals surface area contributed by atoms with Gasteiger partial charge in [0.25, 0.3) is 0 Å². The van der Waals surface area contributed by atoms with Crippen molar-refractivity contribution in [1.82, 2.24) is 14.8 Å². The van der Waals surface area contributed by atoms with Crippen molar-refractivity contribution in [2.45, 2.75) is 32.4 Å². The molecule has 0 atom stereocenters. The van der Waals surface area contributed by atoms with Gasteiger partial charge in [0, 0.05) is 49.7 Å². The maximum atomic E-state index is 11.7. The molecule has 1 N–H and O–H groups in total. The summed E-state index contributed by atoms with van der Waals surface area (Å²) in [5.74, 6) is 0.301. The summed E-state index contributed by atoms with van der Waals surface area (Å²) in [5.41, 5.74) is 3.60. The van der Waals surface area contributed by atoms with Crippen molar-refractivity contribution in [3.05, 3.63) is 69.8 Å². The number of halogens is 2. The van der Waals surface area contributed by atoms with Crippen LogP contribution in [0.25, 0.3) is 10.9 Å². The zero-order valence-corrected chi connectivity index (χ0v) is 17.8. The minimum Gasteiger partial charge on any atom is -0.343 e. The van der Waals surface area contributed by atoms with Crippen molar-refractivity contribution < 1.29 is 4.79 Å². The molecule has 3 aromatic rings. The summed E-state index contributed by atoms with van der Waals surface area (Å²) in [6.45, 7) is 4.22. The van der Waals surface area contributed by atoms with Gasteiger partial charge in [0.1, 0.15) is 0 Å². The number of likely N-dealkylation sites (tertiary alicyclic amines) is 1. The summed E-state index contributed by atoms with van der Waals surface area (Å²) < 4.78 is 2.26. The molecule has 6 heteroatoms. The number of hydrogen-bond donors (Lipinski definition) is 1. The van der Waals surface area contributed by atoms with E-state index in [1.54, 1.807) is 0 Å². The molecule has 0 spiro atoms. The van der Waals surface area contributed by atoms with Crippen LogP contribution >= 0.6 is 23.2 Å². The molecule has 1 amide bonds. The van der Waals surface area contributed by atoms with Crippen molar-refractivity contribution in [1.29, 1.82) is 0 Å². The molecule has 0 aliphatic carbocycles. The highest BCUT2D eigenvalue weighted by Gasteiger charge is 2.18. The first-order chi connectivity index (χ1) is 14.1. The highest BCUT2D eigenvalue weighted by Crippen LogP contribution is 2.26. The van der Waals surface area contributed by atoms with E-state index < -0.39 is 0 Å². The third-order valence-corrected chi connectivity index (χ3v) is 6.22. The standard InChI is InChI=1S/C23H25Cl2N3O/c24-20-9-8-17(13-21(20)25)15-28-16-18(19-5-1-2-6-22(19)28)14-26-10-4-12-27-11-3-7-23(27)29/h1-2,5-6,8-9,13,16,26H,3-4,7,10-12,14-15H2. The van der Waals surface area contributed by atoms with Gasteiger partial charge < -0.3 is 14.8 Å². The number of carbonyl (C=O) groups excluding carboxylic acids is 1. The quantitative estimate of drug-likeness (QED) is 0.505. The lowest BCUT2D eigenvalue weighted by Gasteiger charge is -2.15. The Balaban J connectivity index is 1.40. The minimum absolute atomic E-state index is 0.301. The van der Waals surface area contributed by atoms with Gasteiger partial charge in [-0.05, 0) is 48.7 Å². The number of nitrogens with one attached hydrogen (secondary N) is 1. The van der Waals surface area contributed by atoms with Crippen LogP contribution in [-0.2, 0) is 17.9 Å². The van der Waals surface area contributed by atoms with Crippen molar-refractivity contribution >= 4 is 40.0 Å². The van der Waals surface area contributed by atoms with Gasteiger partial charge in [-0.1, -0.05) is 47.5 Å². The van der Waals surface area contributed by atoms with Crippen LogP contribution in [0.1, 0.15) is 30.4 Å². The maximum Gasteiger partial charge on any atom is 0.222 e. The second-order valence-electron chi connectivity index (χ2n) is 7.56. The fourth-order valence-electron chi connectivity index (χ4n) is 3.99. The van der Waals surface area contributed by atoms with Gasteiger partial charge >= 0.3 is 0 Å². The van der Waals surface area contributed by atoms with Gasteiger partial charge in [-0.15, -0.1) is 0 Å². The second kappa shape index (κ2) is 9.21. The molecular formula is C23H25Cl2N3O. The van der Waals surface area contributed by atoms with Gasteiger partial charge in [0.2, 0.25) is 5.91 Å². The van der Waals surface area contributed by atoms with Crippen LogP contribution in [0.15, 0.2) is 48.7 Å². The van der Waals surface area contributed by atoms with Gasteiger partial charge in [-0.2, -0.15) is 0 Å². The van der Waals surface area contributed by atoms with E-state index in [-0.39, 0.29) is 0 Å². The van der Waals surface area contributed by atoms with E-state index in [1.165, 1.54) is 16.5 Å². The third kappa shape index (κ3) is 4.77. The average molecular weight is 430 g/mol. The number of hydrogen-bond acceptors (Lipinski definition) is 2. The maximum absolute atomic E-state index is 11.7. The highest BCUT2D eigenvalue weighted by atomic mass is 35.5. The second-order valence-corrected chi connectivity index (χ2v) is 8.38. The lowest BCUT2D eigenvalue weighted by atomic mass is 10.2. The van der Waals surface area contributed by atoms with E-state index in [9.17, 15) is 4.79 Å². The SMILES string of the molecule is O=C1CCCN1CCCNCc1cn(Cc2ccc(Cl)c(Cl)c2)c2ccccc12. The number of nitrogens with zero attached hydrogens (tertiary/aromatic N) is 2. The van der Waals surface area contributed by atoms with E-state index >= 15 is 0 Å². The molecule has 2 aromatic carbocycles. The Bertz CT molecular complexity index is 1010. The molecule has 2 heterocycles. The monoisotopic (exact) mass is 429 g/mol. The van der Waals surface area contributed by atoms with Crippen molar-refractivity contribution in [3.63, 3.8) is 0 Å². The lowest BCUT2D eigenvalue weighted by molar-refractivity contribution is -0.127. The number of amides is 1. The van der Waals surface area contributed by atoms with Crippen LogP contribution in [0.5, 0.6) is 0 Å². The molecule has 1 saturated heterocycles. The fourth-order valence-corrected chi connectivity index (χ4v) is 4.31. The Morgan fingerprint density at radius 1 is 1.07 bits per heavy atom. The normalized spacial score (nSPS) is 14.3. The van der Waals surface area contributed by atoms with Gasteiger partial charge in [0.05, 0.1) is 10.0 Å². The largest absolute Gasteiger partial charge is 0.343 e. The molecule has 4 nitrogen and oxygen atoms in total. The summed E-state index contributed by atoms with van der Waals surface area (Å²) in [7, 11) is 0. The number of fused-ring (bicyclic) bond motifs is 1. The highest BCUT2D eigenvalue weighted by molar-refractivity contribution is 6.42. The average Bonchev–Trinajstić information content (AvgIpc) is 3.28. The summed E-state index contributed by atoms with van der Waals surface area (Å²) in [6.07, 6.45) is 4.91. The van der Waals surface area contributed by atoms with Gasteiger partial charge in [0.15, 0.2) is 0 Å². The van der Waals surface area contributed by atoms with Crippen molar-refractivity contribution in [2.75, 3.05) is 19.6 Å². The molecule has 0 bridgehead atoms. The van der Waals surface area contributed by atoms with Crippen LogP contribution in [-0.4, -0.2) is 35.0 Å². The minimum atomic E-state index is 0.301. The van der Waals surface area contributed by atoms with Crippen LogP contribution < -0.4 is 5.32 Å². The van der Waals surface area contributed by atoms with E-state index in [0.717, 1.165) is 51.1 Å². The number of rotatable bonds is 8. The predicted octanol–water partition coefficient (Wildman–Crippen LogP) is 5.10. The summed E-state index contributed by atoms with van der Waals surface area (Å²) in [6, 6.07) is 14.2. The molecule has 4 rings (SSSR count). The number of aromatic nitrogens is 1.